The first-order valence-electron chi connectivity index (χ1n) is 3.28. The molecule has 1 rings (SSSR count). The van der Waals surface area contributed by atoms with Crippen LogP contribution >= 0.6 is 46.4 Å². The summed E-state index contributed by atoms with van der Waals surface area (Å²) in [4.78, 5) is -1.16. The Bertz CT molecular complexity index is 230. The molecule has 0 bridgehead atoms. The maximum atomic E-state index is 5.70. The lowest BCUT2D eigenvalue weighted by Gasteiger charge is -2.09. The third-order valence-electron chi connectivity index (χ3n) is 1.47. The summed E-state index contributed by atoms with van der Waals surface area (Å²) < 4.78 is 0. The predicted molar refractivity (Wildman–Crippen MR) is 55.3 cm³/mol. The molecule has 0 saturated carbocycles. The van der Waals surface area contributed by atoms with Gasteiger partial charge in [0.15, 0.2) is 0 Å². The van der Waals surface area contributed by atoms with Crippen molar-refractivity contribution in [1.82, 2.24) is 0 Å². The van der Waals surface area contributed by atoms with Gasteiger partial charge in [0.2, 0.25) is 0 Å². The molecule has 0 N–H and O–H groups in total. The molecule has 0 aromatic heterocycles. The van der Waals surface area contributed by atoms with Gasteiger partial charge in [-0.15, -0.1) is 46.4 Å². The number of halogens is 4. The third kappa shape index (κ3) is 2.43. The number of hydrogen-bond acceptors (Lipinski definition) is 0. The van der Waals surface area contributed by atoms with E-state index >= 15 is 0 Å². The van der Waals surface area contributed by atoms with Gasteiger partial charge in [-0.3, -0.25) is 0 Å². The molecular formula is C8H6Cl4. The Morgan fingerprint density at radius 1 is 0.750 bits per heavy atom. The van der Waals surface area contributed by atoms with Gasteiger partial charge in [-0.05, 0) is 11.1 Å². The maximum Gasteiger partial charge on any atom is 0.133 e. The second-order valence-electron chi connectivity index (χ2n) is 2.23. The van der Waals surface area contributed by atoms with Crippen molar-refractivity contribution in [3.63, 3.8) is 0 Å². The van der Waals surface area contributed by atoms with E-state index in [1.165, 1.54) is 0 Å². The lowest BCUT2D eigenvalue weighted by molar-refractivity contribution is 1.22. The molecule has 0 unspecified atom stereocenters. The average Bonchev–Trinajstić information content (AvgIpc) is 2.04. The molecular weight excluding hydrogens is 238 g/mol. The van der Waals surface area contributed by atoms with Crippen molar-refractivity contribution in [2.75, 3.05) is 0 Å². The van der Waals surface area contributed by atoms with Gasteiger partial charge in [-0.1, -0.05) is 24.3 Å². The molecule has 0 fully saturated rings. The van der Waals surface area contributed by atoms with Crippen molar-refractivity contribution < 1.29 is 0 Å². The molecule has 0 heterocycles. The van der Waals surface area contributed by atoms with Crippen LogP contribution in [-0.4, -0.2) is 0 Å². The van der Waals surface area contributed by atoms with Gasteiger partial charge in [0.25, 0.3) is 0 Å². The first-order chi connectivity index (χ1) is 5.63. The van der Waals surface area contributed by atoms with E-state index in [1.807, 2.05) is 12.1 Å². The van der Waals surface area contributed by atoms with Crippen LogP contribution < -0.4 is 0 Å². The van der Waals surface area contributed by atoms with Crippen molar-refractivity contribution in [2.45, 2.75) is 9.67 Å². The fourth-order valence-corrected chi connectivity index (χ4v) is 1.70. The fraction of sp³-hybridized carbons (Fsp3) is 0.250. The minimum Gasteiger partial charge on any atom is -0.100 e. The average molecular weight is 244 g/mol. The summed E-state index contributed by atoms with van der Waals surface area (Å²) in [6.45, 7) is 0. The summed E-state index contributed by atoms with van der Waals surface area (Å²) in [5.74, 6) is 0. The second-order valence-corrected chi connectivity index (χ2v) is 4.42. The van der Waals surface area contributed by atoms with Crippen LogP contribution in [0.3, 0.4) is 0 Å². The Balaban J connectivity index is 3.09. The third-order valence-corrected chi connectivity index (χ3v) is 2.41. The number of rotatable bonds is 2. The fourth-order valence-electron chi connectivity index (χ4n) is 0.908. The first-order valence-corrected chi connectivity index (χ1v) is 5.02. The molecule has 0 atom stereocenters. The van der Waals surface area contributed by atoms with E-state index in [0.717, 1.165) is 11.1 Å². The highest BCUT2D eigenvalue weighted by atomic mass is 35.5. The Morgan fingerprint density at radius 3 is 1.33 bits per heavy atom. The first kappa shape index (κ1) is 10.5. The Labute approximate surface area is 91.4 Å². The SMILES string of the molecule is ClC(Cl)c1ccccc1C(Cl)Cl. The molecule has 4 heteroatoms. The summed E-state index contributed by atoms with van der Waals surface area (Å²) >= 11 is 22.8. The smallest absolute Gasteiger partial charge is 0.100 e. The molecule has 0 spiro atoms. The highest BCUT2D eigenvalue weighted by Gasteiger charge is 2.13. The van der Waals surface area contributed by atoms with Gasteiger partial charge in [-0.2, -0.15) is 0 Å². The van der Waals surface area contributed by atoms with Crippen LogP contribution in [0.1, 0.15) is 20.8 Å². The van der Waals surface area contributed by atoms with Crippen molar-refractivity contribution in [1.29, 1.82) is 0 Å². The van der Waals surface area contributed by atoms with Crippen LogP contribution in [0, 0.1) is 0 Å². The van der Waals surface area contributed by atoms with Crippen LogP contribution in [0.15, 0.2) is 24.3 Å². The zero-order chi connectivity index (χ0) is 9.14. The number of alkyl halides is 4. The molecule has 0 nitrogen and oxygen atoms in total. The van der Waals surface area contributed by atoms with Crippen molar-refractivity contribution in [3.8, 4) is 0 Å². The molecule has 0 aliphatic heterocycles. The summed E-state index contributed by atoms with van der Waals surface area (Å²) in [5, 5.41) is 0. The molecule has 1 aromatic rings. The second kappa shape index (κ2) is 4.57. The van der Waals surface area contributed by atoms with E-state index < -0.39 is 9.67 Å². The number of hydrogen-bond donors (Lipinski definition) is 0. The molecule has 66 valence electrons. The summed E-state index contributed by atoms with van der Waals surface area (Å²) in [7, 11) is 0. The summed E-state index contributed by atoms with van der Waals surface area (Å²) in [6.07, 6.45) is 0. The van der Waals surface area contributed by atoms with E-state index in [2.05, 4.69) is 0 Å². The van der Waals surface area contributed by atoms with E-state index in [0.29, 0.717) is 0 Å². The van der Waals surface area contributed by atoms with Gasteiger partial charge in [0, 0.05) is 0 Å². The topological polar surface area (TPSA) is 0 Å². The normalized spacial score (nSPS) is 11.2. The molecule has 1 aromatic carbocycles. The predicted octanol–water partition coefficient (Wildman–Crippen LogP) is 4.64. The largest absolute Gasteiger partial charge is 0.133 e. The van der Waals surface area contributed by atoms with Crippen molar-refractivity contribution >= 4 is 46.4 Å². The molecule has 0 aliphatic carbocycles. The van der Waals surface area contributed by atoms with Gasteiger partial charge in [0.05, 0.1) is 0 Å². The quantitative estimate of drug-likeness (QED) is 0.664. The Morgan fingerprint density at radius 2 is 1.08 bits per heavy atom. The Hall–Kier alpha value is 0.380. The zero-order valence-corrected chi connectivity index (χ0v) is 9.00. The molecule has 0 aliphatic rings. The summed E-state index contributed by atoms with van der Waals surface area (Å²) in [6, 6.07) is 7.29. The monoisotopic (exact) mass is 242 g/mol. The highest BCUT2D eigenvalue weighted by molar-refractivity contribution is 6.46. The standard InChI is InChI=1S/C8H6Cl4/c9-7(10)5-3-1-2-4-6(5)8(11)12/h1-4,7-8H. The minimum atomic E-state index is -0.582. The van der Waals surface area contributed by atoms with Crippen LogP contribution in [0.25, 0.3) is 0 Å². The Kier molecular flexibility index (Phi) is 3.98. The van der Waals surface area contributed by atoms with E-state index in [1.54, 1.807) is 12.1 Å². The van der Waals surface area contributed by atoms with E-state index in [-0.39, 0.29) is 0 Å². The zero-order valence-electron chi connectivity index (χ0n) is 5.98. The van der Waals surface area contributed by atoms with Crippen molar-refractivity contribution in [3.05, 3.63) is 35.4 Å². The van der Waals surface area contributed by atoms with Crippen LogP contribution in [-0.2, 0) is 0 Å². The van der Waals surface area contributed by atoms with E-state index in [9.17, 15) is 0 Å². The maximum absolute atomic E-state index is 5.70. The molecule has 0 radical (unpaired) electrons. The molecule has 12 heavy (non-hydrogen) atoms. The van der Waals surface area contributed by atoms with Gasteiger partial charge in [-0.25, -0.2) is 0 Å². The number of benzene rings is 1. The minimum absolute atomic E-state index is 0.582. The van der Waals surface area contributed by atoms with Crippen molar-refractivity contribution in [2.24, 2.45) is 0 Å². The molecule has 0 amide bonds. The van der Waals surface area contributed by atoms with Crippen LogP contribution in [0.2, 0.25) is 0 Å². The van der Waals surface area contributed by atoms with Gasteiger partial charge < -0.3 is 0 Å². The summed E-state index contributed by atoms with van der Waals surface area (Å²) in [5.41, 5.74) is 1.52. The molecule has 0 saturated heterocycles. The van der Waals surface area contributed by atoms with Crippen LogP contribution in [0.4, 0.5) is 0 Å². The lowest BCUT2D eigenvalue weighted by atomic mass is 10.1. The highest BCUT2D eigenvalue weighted by Crippen LogP contribution is 2.35. The van der Waals surface area contributed by atoms with Gasteiger partial charge in [0.1, 0.15) is 9.67 Å². The lowest BCUT2D eigenvalue weighted by Crippen LogP contribution is -1.91. The van der Waals surface area contributed by atoms with E-state index in [4.69, 9.17) is 46.4 Å². The van der Waals surface area contributed by atoms with Crippen LogP contribution in [0.5, 0.6) is 0 Å². The van der Waals surface area contributed by atoms with Gasteiger partial charge >= 0.3 is 0 Å².